The van der Waals surface area contributed by atoms with Crippen molar-refractivity contribution >= 4 is 0 Å². The van der Waals surface area contributed by atoms with Gasteiger partial charge in [0.2, 0.25) is 0 Å². The lowest BCUT2D eigenvalue weighted by molar-refractivity contribution is -0.0155. The van der Waals surface area contributed by atoms with Gasteiger partial charge in [0.25, 0.3) is 0 Å². The topological polar surface area (TPSA) is 24.5 Å². The van der Waals surface area contributed by atoms with E-state index in [9.17, 15) is 0 Å². The summed E-state index contributed by atoms with van der Waals surface area (Å²) in [6, 6.07) is 11.3. The van der Waals surface area contributed by atoms with Gasteiger partial charge in [-0.15, -0.1) is 0 Å². The van der Waals surface area contributed by atoms with Gasteiger partial charge in [-0.2, -0.15) is 0 Å². The highest BCUT2D eigenvalue weighted by atomic mass is 16.5. The Bertz CT molecular complexity index is 386. The summed E-state index contributed by atoms with van der Waals surface area (Å²) in [6.45, 7) is 11.5. The van der Waals surface area contributed by atoms with Crippen LogP contribution >= 0.6 is 0 Å². The highest BCUT2D eigenvalue weighted by Gasteiger charge is 2.20. The Morgan fingerprint density at radius 2 is 2.00 bits per heavy atom. The van der Waals surface area contributed by atoms with Gasteiger partial charge in [-0.05, 0) is 32.8 Å². The maximum absolute atomic E-state index is 5.82. The lowest BCUT2D eigenvalue weighted by Gasteiger charge is -2.34. The molecule has 1 saturated heterocycles. The summed E-state index contributed by atoms with van der Waals surface area (Å²) in [5.41, 5.74) is 1.38. The molecule has 1 atom stereocenters. The number of piperazine rings is 1. The molecular weight excluding hydrogens is 248 g/mol. The normalized spacial score (nSPS) is 21.1. The molecule has 1 aliphatic heterocycles. The molecule has 3 nitrogen and oxygen atoms in total. The SMILES string of the molecule is CC(C)(C)OCCN1CCNC(Cc2ccccc2)C1. The van der Waals surface area contributed by atoms with Gasteiger partial charge in [0, 0.05) is 32.2 Å². The van der Waals surface area contributed by atoms with E-state index in [1.807, 2.05) is 0 Å². The first kappa shape index (κ1) is 15.5. The molecule has 1 N–H and O–H groups in total. The van der Waals surface area contributed by atoms with Crippen molar-refractivity contribution in [3.63, 3.8) is 0 Å². The molecule has 0 bridgehead atoms. The Kier molecular flexibility index (Phi) is 5.58. The quantitative estimate of drug-likeness (QED) is 0.893. The van der Waals surface area contributed by atoms with Crippen molar-refractivity contribution in [1.82, 2.24) is 10.2 Å². The van der Waals surface area contributed by atoms with E-state index in [1.54, 1.807) is 0 Å². The standard InChI is InChI=1S/C17H28N2O/c1-17(2,3)20-12-11-19-10-9-18-16(14-19)13-15-7-5-4-6-8-15/h4-8,16,18H,9-14H2,1-3H3. The van der Waals surface area contributed by atoms with E-state index in [4.69, 9.17) is 4.74 Å². The molecule has 0 aromatic heterocycles. The van der Waals surface area contributed by atoms with E-state index < -0.39 is 0 Å². The summed E-state index contributed by atoms with van der Waals surface area (Å²) in [5, 5.41) is 3.62. The van der Waals surface area contributed by atoms with Crippen molar-refractivity contribution in [3.05, 3.63) is 35.9 Å². The van der Waals surface area contributed by atoms with Crippen LogP contribution in [0, 0.1) is 0 Å². The molecule has 1 aliphatic rings. The third-order valence-corrected chi connectivity index (χ3v) is 3.61. The van der Waals surface area contributed by atoms with Gasteiger partial charge in [0.15, 0.2) is 0 Å². The predicted octanol–water partition coefficient (Wildman–Crippen LogP) is 2.32. The van der Waals surface area contributed by atoms with Gasteiger partial charge in [0.1, 0.15) is 0 Å². The third-order valence-electron chi connectivity index (χ3n) is 3.61. The van der Waals surface area contributed by atoms with Gasteiger partial charge in [-0.1, -0.05) is 30.3 Å². The highest BCUT2D eigenvalue weighted by molar-refractivity contribution is 5.16. The van der Waals surface area contributed by atoms with Gasteiger partial charge >= 0.3 is 0 Å². The first-order valence-corrected chi connectivity index (χ1v) is 7.66. The van der Waals surface area contributed by atoms with Crippen LogP contribution in [-0.2, 0) is 11.2 Å². The first-order chi connectivity index (χ1) is 9.53. The molecule has 3 heteroatoms. The molecule has 1 aromatic rings. The van der Waals surface area contributed by atoms with Gasteiger partial charge in [-0.3, -0.25) is 4.90 Å². The molecule has 20 heavy (non-hydrogen) atoms. The molecule has 112 valence electrons. The fourth-order valence-electron chi connectivity index (χ4n) is 2.61. The summed E-state index contributed by atoms with van der Waals surface area (Å²) in [7, 11) is 0. The van der Waals surface area contributed by atoms with Gasteiger partial charge in [0.05, 0.1) is 12.2 Å². The van der Waals surface area contributed by atoms with Crippen LogP contribution < -0.4 is 5.32 Å². The van der Waals surface area contributed by atoms with E-state index in [0.717, 1.165) is 39.2 Å². The molecule has 0 saturated carbocycles. The van der Waals surface area contributed by atoms with E-state index in [2.05, 4.69) is 61.3 Å². The second-order valence-electron chi connectivity index (χ2n) is 6.60. The molecule has 2 rings (SSSR count). The van der Waals surface area contributed by atoms with Crippen molar-refractivity contribution in [3.8, 4) is 0 Å². The molecule has 1 unspecified atom stereocenters. The summed E-state index contributed by atoms with van der Waals surface area (Å²) in [5.74, 6) is 0. The Morgan fingerprint density at radius 1 is 1.25 bits per heavy atom. The summed E-state index contributed by atoms with van der Waals surface area (Å²) < 4.78 is 5.82. The van der Waals surface area contributed by atoms with Crippen molar-refractivity contribution in [2.24, 2.45) is 0 Å². The van der Waals surface area contributed by atoms with Crippen LogP contribution in [0.25, 0.3) is 0 Å². The maximum atomic E-state index is 5.82. The lowest BCUT2D eigenvalue weighted by atomic mass is 10.0. The van der Waals surface area contributed by atoms with Crippen LogP contribution in [0.2, 0.25) is 0 Å². The average molecular weight is 276 g/mol. The molecule has 0 spiro atoms. The Hall–Kier alpha value is -0.900. The van der Waals surface area contributed by atoms with Crippen LogP contribution in [0.5, 0.6) is 0 Å². The van der Waals surface area contributed by atoms with E-state index in [-0.39, 0.29) is 5.60 Å². The summed E-state index contributed by atoms with van der Waals surface area (Å²) in [4.78, 5) is 2.51. The van der Waals surface area contributed by atoms with Crippen molar-refractivity contribution in [2.75, 3.05) is 32.8 Å². The summed E-state index contributed by atoms with van der Waals surface area (Å²) >= 11 is 0. The van der Waals surface area contributed by atoms with E-state index >= 15 is 0 Å². The Balaban J connectivity index is 1.74. The van der Waals surface area contributed by atoms with E-state index in [1.165, 1.54) is 5.56 Å². The number of nitrogens with zero attached hydrogens (tertiary/aromatic N) is 1. The zero-order valence-corrected chi connectivity index (χ0v) is 13.1. The fraction of sp³-hybridized carbons (Fsp3) is 0.647. The second-order valence-corrected chi connectivity index (χ2v) is 6.60. The predicted molar refractivity (Wildman–Crippen MR) is 84.1 cm³/mol. The van der Waals surface area contributed by atoms with Crippen LogP contribution in [0.4, 0.5) is 0 Å². The zero-order valence-electron chi connectivity index (χ0n) is 13.1. The molecule has 0 amide bonds. The molecule has 0 aliphatic carbocycles. The second kappa shape index (κ2) is 7.21. The number of hydrogen-bond donors (Lipinski definition) is 1. The number of rotatable bonds is 5. The number of nitrogens with one attached hydrogen (secondary N) is 1. The number of benzene rings is 1. The van der Waals surface area contributed by atoms with Crippen molar-refractivity contribution in [2.45, 2.75) is 38.8 Å². The maximum Gasteiger partial charge on any atom is 0.0600 e. The molecular formula is C17H28N2O. The highest BCUT2D eigenvalue weighted by Crippen LogP contribution is 2.09. The Morgan fingerprint density at radius 3 is 2.70 bits per heavy atom. The number of hydrogen-bond acceptors (Lipinski definition) is 3. The number of ether oxygens (including phenoxy) is 1. The lowest BCUT2D eigenvalue weighted by Crippen LogP contribution is -2.52. The largest absolute Gasteiger partial charge is 0.375 e. The first-order valence-electron chi connectivity index (χ1n) is 7.66. The Labute approximate surface area is 123 Å². The zero-order chi connectivity index (χ0) is 14.4. The summed E-state index contributed by atoms with van der Waals surface area (Å²) in [6.07, 6.45) is 1.11. The molecule has 1 aromatic carbocycles. The smallest absolute Gasteiger partial charge is 0.0600 e. The van der Waals surface area contributed by atoms with Crippen molar-refractivity contribution < 1.29 is 4.74 Å². The van der Waals surface area contributed by atoms with Crippen LogP contribution in [-0.4, -0.2) is 49.3 Å². The van der Waals surface area contributed by atoms with Crippen LogP contribution in [0.1, 0.15) is 26.3 Å². The molecule has 1 heterocycles. The van der Waals surface area contributed by atoms with Crippen LogP contribution in [0.15, 0.2) is 30.3 Å². The van der Waals surface area contributed by atoms with Crippen molar-refractivity contribution in [1.29, 1.82) is 0 Å². The third kappa shape index (κ3) is 5.61. The minimum absolute atomic E-state index is 0.0303. The average Bonchev–Trinajstić information content (AvgIpc) is 2.39. The molecule has 1 fully saturated rings. The fourth-order valence-corrected chi connectivity index (χ4v) is 2.61. The van der Waals surface area contributed by atoms with Gasteiger partial charge < -0.3 is 10.1 Å². The monoisotopic (exact) mass is 276 g/mol. The minimum Gasteiger partial charge on any atom is -0.375 e. The van der Waals surface area contributed by atoms with Crippen LogP contribution in [0.3, 0.4) is 0 Å². The van der Waals surface area contributed by atoms with Gasteiger partial charge in [-0.25, -0.2) is 0 Å². The minimum atomic E-state index is -0.0303. The molecule has 0 radical (unpaired) electrons. The van der Waals surface area contributed by atoms with E-state index in [0.29, 0.717) is 6.04 Å².